The molecule has 0 saturated carbocycles. The van der Waals surface area contributed by atoms with Crippen LogP contribution in [0, 0.1) is 5.92 Å². The highest BCUT2D eigenvalue weighted by Crippen LogP contribution is 2.48. The monoisotopic (exact) mass is 799 g/mol. The number of benzene rings is 6. The van der Waals surface area contributed by atoms with E-state index in [2.05, 4.69) is 29.6 Å². The minimum Gasteiger partial charge on any atom is -0.497 e. The van der Waals surface area contributed by atoms with Crippen molar-refractivity contribution in [3.63, 3.8) is 0 Å². The van der Waals surface area contributed by atoms with Gasteiger partial charge in [-0.3, -0.25) is 4.57 Å². The lowest BCUT2D eigenvalue weighted by Crippen LogP contribution is -2.43. The van der Waals surface area contributed by atoms with Crippen LogP contribution in [0.1, 0.15) is 53.5 Å². The maximum Gasteiger partial charge on any atom is 0.351 e. The van der Waals surface area contributed by atoms with Crippen molar-refractivity contribution in [3.8, 4) is 11.5 Å². The normalized spacial score (nSPS) is 18.4. The molecule has 7 aromatic rings. The number of hydrogen-bond acceptors (Lipinski definition) is 8. The molecule has 0 radical (unpaired) electrons. The average Bonchev–Trinajstić information content (AvgIpc) is 3.63. The predicted molar refractivity (Wildman–Crippen MR) is 233 cm³/mol. The van der Waals surface area contributed by atoms with E-state index in [1.807, 2.05) is 153 Å². The first-order valence-electron chi connectivity index (χ1n) is 20.2. The van der Waals surface area contributed by atoms with Gasteiger partial charge in [0.05, 0.1) is 26.4 Å². The van der Waals surface area contributed by atoms with Crippen molar-refractivity contribution < 1.29 is 24.1 Å². The minimum absolute atomic E-state index is 0.358. The molecular weight excluding hydrogens is 751 g/mol. The molecule has 5 atom stereocenters. The Balaban J connectivity index is 1.25. The quantitative estimate of drug-likeness (QED) is 0.105. The van der Waals surface area contributed by atoms with Crippen molar-refractivity contribution >= 4 is 5.82 Å². The molecule has 304 valence electrons. The lowest BCUT2D eigenvalue weighted by Gasteiger charge is -2.40. The molecule has 6 aromatic carbocycles. The van der Waals surface area contributed by atoms with E-state index in [4.69, 9.17) is 23.9 Å². The molecule has 1 aromatic heterocycles. The van der Waals surface area contributed by atoms with Gasteiger partial charge < -0.3 is 29.4 Å². The van der Waals surface area contributed by atoms with E-state index in [1.54, 1.807) is 33.4 Å². The molecule has 9 nitrogen and oxygen atoms in total. The molecule has 0 amide bonds. The van der Waals surface area contributed by atoms with Crippen LogP contribution in [0.4, 0.5) is 5.82 Å². The maximum atomic E-state index is 14.6. The summed E-state index contributed by atoms with van der Waals surface area (Å²) < 4.78 is 26.8. The molecule has 2 heterocycles. The highest BCUT2D eigenvalue weighted by atomic mass is 16.6. The first kappa shape index (κ1) is 40.3. The standard InChI is InChI=1S/C51H49N3O6/c1-35-46(36(2)55)59-48(47(35)60-51(40-21-13-7-14-22-40,41-23-15-8-16-24-41)42-27-31-44(58-4)32-28-42)54-34-33-45(52-49(54)56)53-50(37-17-9-5-10-18-37,38-19-11-6-12-20-38)39-25-29-43(57-3)30-26-39/h5-36,46-48,55H,1-4H3,(H,52,53,56)/t35-,36-,46+,47+,48-/m1/s1. The van der Waals surface area contributed by atoms with Crippen LogP contribution in [0.15, 0.2) is 187 Å². The van der Waals surface area contributed by atoms with Crippen molar-refractivity contribution in [3.05, 3.63) is 226 Å². The second-order valence-corrected chi connectivity index (χ2v) is 15.2. The van der Waals surface area contributed by atoms with Gasteiger partial charge in [0, 0.05) is 12.1 Å². The second-order valence-electron chi connectivity index (χ2n) is 15.2. The number of nitrogens with one attached hydrogen (secondary N) is 1. The molecular formula is C51H49N3O6. The zero-order valence-electron chi connectivity index (χ0n) is 34.1. The third kappa shape index (κ3) is 7.47. The van der Waals surface area contributed by atoms with Crippen LogP contribution in [-0.4, -0.2) is 47.2 Å². The fourth-order valence-corrected chi connectivity index (χ4v) is 8.63. The van der Waals surface area contributed by atoms with Gasteiger partial charge in [0.2, 0.25) is 0 Å². The average molecular weight is 800 g/mol. The zero-order valence-corrected chi connectivity index (χ0v) is 34.1. The third-order valence-corrected chi connectivity index (χ3v) is 11.6. The summed E-state index contributed by atoms with van der Waals surface area (Å²) in [7, 11) is 3.28. The van der Waals surface area contributed by atoms with Crippen LogP contribution in [0.2, 0.25) is 0 Å². The fraction of sp³-hybridized carbons (Fsp3) is 0.216. The van der Waals surface area contributed by atoms with Crippen LogP contribution < -0.4 is 20.5 Å². The molecule has 0 unspecified atom stereocenters. The molecule has 8 rings (SSSR count). The van der Waals surface area contributed by atoms with E-state index < -0.39 is 41.4 Å². The number of aliphatic hydroxyl groups excluding tert-OH is 1. The Kier molecular flexibility index (Phi) is 11.7. The number of anilines is 1. The van der Waals surface area contributed by atoms with E-state index >= 15 is 0 Å². The first-order chi connectivity index (χ1) is 29.3. The Bertz CT molecular complexity index is 2440. The maximum absolute atomic E-state index is 14.6. The molecule has 0 bridgehead atoms. The Morgan fingerprint density at radius 1 is 0.633 bits per heavy atom. The van der Waals surface area contributed by atoms with Gasteiger partial charge in [-0.05, 0) is 70.6 Å². The summed E-state index contributed by atoms with van der Waals surface area (Å²) in [5, 5.41) is 14.8. The number of aromatic nitrogens is 2. The molecule has 1 fully saturated rings. The number of methoxy groups -OCH3 is 2. The van der Waals surface area contributed by atoms with Crippen molar-refractivity contribution in [2.24, 2.45) is 5.92 Å². The van der Waals surface area contributed by atoms with Crippen LogP contribution in [-0.2, 0) is 20.6 Å². The molecule has 1 aliphatic rings. The Morgan fingerprint density at radius 2 is 1.05 bits per heavy atom. The number of nitrogens with zero attached hydrogens (tertiary/aromatic N) is 2. The van der Waals surface area contributed by atoms with Crippen LogP contribution in [0.25, 0.3) is 0 Å². The van der Waals surface area contributed by atoms with Gasteiger partial charge in [0.25, 0.3) is 0 Å². The van der Waals surface area contributed by atoms with Crippen LogP contribution >= 0.6 is 0 Å². The number of rotatable bonds is 14. The molecule has 2 N–H and O–H groups in total. The fourth-order valence-electron chi connectivity index (χ4n) is 8.63. The summed E-state index contributed by atoms with van der Waals surface area (Å²) in [6.45, 7) is 3.69. The highest BCUT2D eigenvalue weighted by molar-refractivity contribution is 5.58. The van der Waals surface area contributed by atoms with Gasteiger partial charge in [-0.1, -0.05) is 153 Å². The summed E-state index contributed by atoms with van der Waals surface area (Å²) in [6.07, 6.45) is -1.49. The summed E-state index contributed by atoms with van der Waals surface area (Å²) >= 11 is 0. The zero-order chi connectivity index (χ0) is 41.7. The molecule has 1 aliphatic heterocycles. The van der Waals surface area contributed by atoms with E-state index in [-0.39, 0.29) is 5.92 Å². The Morgan fingerprint density at radius 3 is 1.48 bits per heavy atom. The van der Waals surface area contributed by atoms with Crippen molar-refractivity contribution in [2.75, 3.05) is 19.5 Å². The summed E-state index contributed by atoms with van der Waals surface area (Å²) in [4.78, 5) is 19.3. The molecule has 0 spiro atoms. The second kappa shape index (κ2) is 17.4. The van der Waals surface area contributed by atoms with Crippen LogP contribution in [0.3, 0.4) is 0 Å². The van der Waals surface area contributed by atoms with Gasteiger partial charge >= 0.3 is 5.69 Å². The lowest BCUT2D eigenvalue weighted by atomic mass is 9.77. The summed E-state index contributed by atoms with van der Waals surface area (Å²) in [5.74, 6) is 1.43. The molecule has 60 heavy (non-hydrogen) atoms. The Hall–Kier alpha value is -6.52. The van der Waals surface area contributed by atoms with Gasteiger partial charge in [0.15, 0.2) is 6.23 Å². The smallest absolute Gasteiger partial charge is 0.351 e. The van der Waals surface area contributed by atoms with Gasteiger partial charge in [-0.15, -0.1) is 0 Å². The summed E-state index contributed by atoms with van der Waals surface area (Å²) in [6, 6.07) is 57.8. The SMILES string of the molecule is COc1ccc(C(Nc2ccn([C@@H]3O[C@H]([C@@H](C)O)[C@@H](C)[C@@H]3OC(c3ccccc3)(c3ccccc3)c3ccc(OC)cc3)c(=O)n2)(c2ccccc2)c2ccccc2)cc1. The number of ether oxygens (including phenoxy) is 4. The molecule has 0 aliphatic carbocycles. The largest absolute Gasteiger partial charge is 0.497 e. The van der Waals surface area contributed by atoms with E-state index in [0.29, 0.717) is 11.6 Å². The summed E-state index contributed by atoms with van der Waals surface area (Å²) in [5.41, 5.74) is 2.78. The lowest BCUT2D eigenvalue weighted by molar-refractivity contribution is -0.119. The van der Waals surface area contributed by atoms with Gasteiger partial charge in [0.1, 0.15) is 34.6 Å². The topological polar surface area (TPSA) is 104 Å². The molecule has 1 saturated heterocycles. The van der Waals surface area contributed by atoms with Crippen molar-refractivity contribution in [1.29, 1.82) is 0 Å². The number of hydrogen-bond donors (Lipinski definition) is 2. The first-order valence-corrected chi connectivity index (χ1v) is 20.2. The predicted octanol–water partition coefficient (Wildman–Crippen LogP) is 8.96. The Labute approximate surface area is 350 Å². The van der Waals surface area contributed by atoms with Crippen LogP contribution in [0.5, 0.6) is 11.5 Å². The molecule has 9 heteroatoms. The van der Waals surface area contributed by atoms with Crippen molar-refractivity contribution in [2.45, 2.75) is 49.5 Å². The number of aliphatic hydroxyl groups is 1. The van der Waals surface area contributed by atoms with Crippen molar-refractivity contribution in [1.82, 2.24) is 9.55 Å². The third-order valence-electron chi connectivity index (χ3n) is 11.6. The minimum atomic E-state index is -1.16. The van der Waals surface area contributed by atoms with Gasteiger partial charge in [-0.2, -0.15) is 4.98 Å². The van der Waals surface area contributed by atoms with Gasteiger partial charge in [-0.25, -0.2) is 4.79 Å². The highest BCUT2D eigenvalue weighted by Gasteiger charge is 2.51. The van der Waals surface area contributed by atoms with E-state index in [1.165, 1.54) is 4.57 Å². The van der Waals surface area contributed by atoms with E-state index in [0.717, 1.165) is 39.1 Å². The van der Waals surface area contributed by atoms with E-state index in [9.17, 15) is 9.90 Å².